The van der Waals surface area contributed by atoms with Crippen molar-refractivity contribution < 1.29 is 22.7 Å². The van der Waals surface area contributed by atoms with E-state index in [0.717, 1.165) is 30.4 Å². The third kappa shape index (κ3) is 9.35. The summed E-state index contributed by atoms with van der Waals surface area (Å²) in [5, 5.41) is 2.96. The predicted octanol–water partition coefficient (Wildman–Crippen LogP) is 4.53. The van der Waals surface area contributed by atoms with Crippen LogP contribution < -0.4 is 14.4 Å². The van der Waals surface area contributed by atoms with E-state index >= 15 is 0 Å². The van der Waals surface area contributed by atoms with Gasteiger partial charge in [0.05, 0.1) is 19.1 Å². The molecule has 0 aliphatic heterocycles. The molecule has 2 aromatic carbocycles. The minimum absolute atomic E-state index is 0.113. The summed E-state index contributed by atoms with van der Waals surface area (Å²) in [6.07, 6.45) is 4.76. The highest BCUT2D eigenvalue weighted by Gasteiger charge is 2.28. The molecule has 0 radical (unpaired) electrons. The van der Waals surface area contributed by atoms with Gasteiger partial charge in [0.25, 0.3) is 0 Å². The van der Waals surface area contributed by atoms with Crippen LogP contribution in [0.4, 0.5) is 5.69 Å². The zero-order valence-corrected chi connectivity index (χ0v) is 24.2. The SMILES string of the molecule is CCCCNC(=O)[C@@H](CC)N(Cc1cccc(OC)c1)C(=O)CCCN(c1ccc(CC)cc1)S(C)(=O)=O. The van der Waals surface area contributed by atoms with Crippen molar-refractivity contribution in [1.82, 2.24) is 10.2 Å². The molecular formula is C29H43N3O5S. The second-order valence-electron chi connectivity index (χ2n) is 9.40. The molecule has 0 saturated carbocycles. The highest BCUT2D eigenvalue weighted by Crippen LogP contribution is 2.21. The lowest BCUT2D eigenvalue weighted by Crippen LogP contribution is -2.49. The largest absolute Gasteiger partial charge is 0.497 e. The fourth-order valence-corrected chi connectivity index (χ4v) is 5.26. The van der Waals surface area contributed by atoms with Gasteiger partial charge in [-0.1, -0.05) is 51.5 Å². The molecule has 8 nitrogen and oxygen atoms in total. The summed E-state index contributed by atoms with van der Waals surface area (Å²) in [5.74, 6) is 0.305. The first-order chi connectivity index (χ1) is 18.1. The number of nitrogens with zero attached hydrogens (tertiary/aromatic N) is 2. The van der Waals surface area contributed by atoms with Crippen LogP contribution in [0.25, 0.3) is 0 Å². The Bertz CT molecular complexity index is 1140. The van der Waals surface area contributed by atoms with Crippen molar-refractivity contribution in [1.29, 1.82) is 0 Å². The van der Waals surface area contributed by atoms with Crippen LogP contribution >= 0.6 is 0 Å². The molecule has 2 rings (SSSR count). The Kier molecular flexibility index (Phi) is 12.6. The number of unbranched alkanes of at least 4 members (excludes halogenated alkanes) is 1. The van der Waals surface area contributed by atoms with E-state index in [4.69, 9.17) is 4.74 Å². The van der Waals surface area contributed by atoms with Crippen LogP contribution in [-0.4, -0.2) is 57.6 Å². The fraction of sp³-hybridized carbons (Fsp3) is 0.517. The summed E-state index contributed by atoms with van der Waals surface area (Å²) >= 11 is 0. The number of rotatable bonds is 16. The van der Waals surface area contributed by atoms with E-state index in [9.17, 15) is 18.0 Å². The Hall–Kier alpha value is -3.07. The molecular weight excluding hydrogens is 502 g/mol. The van der Waals surface area contributed by atoms with E-state index in [1.807, 2.05) is 50.2 Å². The maximum absolute atomic E-state index is 13.5. The summed E-state index contributed by atoms with van der Waals surface area (Å²) in [6.45, 7) is 6.97. The van der Waals surface area contributed by atoms with Crippen LogP contribution in [0.1, 0.15) is 64.0 Å². The van der Waals surface area contributed by atoms with E-state index in [0.29, 0.717) is 30.8 Å². The molecule has 0 heterocycles. The molecule has 0 bridgehead atoms. The number of carbonyl (C=O) groups is 2. The van der Waals surface area contributed by atoms with Crippen LogP contribution in [0.3, 0.4) is 0 Å². The monoisotopic (exact) mass is 545 g/mol. The predicted molar refractivity (Wildman–Crippen MR) is 153 cm³/mol. The minimum Gasteiger partial charge on any atom is -0.497 e. The quantitative estimate of drug-likeness (QED) is 0.313. The lowest BCUT2D eigenvalue weighted by molar-refractivity contribution is -0.141. The molecule has 0 saturated heterocycles. The normalized spacial score (nSPS) is 12.0. The number of hydrogen-bond acceptors (Lipinski definition) is 5. The number of carbonyl (C=O) groups excluding carboxylic acids is 2. The first-order valence-corrected chi connectivity index (χ1v) is 15.3. The van der Waals surface area contributed by atoms with Crippen LogP contribution in [0.5, 0.6) is 5.75 Å². The lowest BCUT2D eigenvalue weighted by atomic mass is 10.1. The molecule has 1 atom stereocenters. The molecule has 0 aromatic heterocycles. The molecule has 0 unspecified atom stereocenters. The van der Waals surface area contributed by atoms with Crippen LogP contribution in [-0.2, 0) is 32.6 Å². The van der Waals surface area contributed by atoms with Crippen molar-refractivity contribution in [3.8, 4) is 5.75 Å². The van der Waals surface area contributed by atoms with Gasteiger partial charge in [0.15, 0.2) is 0 Å². The van der Waals surface area contributed by atoms with E-state index in [2.05, 4.69) is 12.2 Å². The topological polar surface area (TPSA) is 96.0 Å². The number of hydrogen-bond donors (Lipinski definition) is 1. The minimum atomic E-state index is -3.53. The molecule has 2 aromatic rings. The number of ether oxygens (including phenoxy) is 1. The standard InChI is InChI=1S/C29H43N3O5S/c1-6-9-19-30-29(34)27(8-3)31(22-24-12-10-13-26(21-24)37-4)28(33)14-11-20-32(38(5,35)36)25-17-15-23(7-2)16-18-25/h10,12-13,15-18,21,27H,6-9,11,14,19-20,22H2,1-5H3,(H,30,34)/t27-/m1/s1. The Labute approximate surface area is 228 Å². The molecule has 210 valence electrons. The summed E-state index contributed by atoms with van der Waals surface area (Å²) in [6, 6.07) is 14.2. The van der Waals surface area contributed by atoms with Gasteiger partial charge in [0.2, 0.25) is 21.8 Å². The van der Waals surface area contributed by atoms with Gasteiger partial charge in [0, 0.05) is 26.1 Å². The molecule has 2 amide bonds. The number of anilines is 1. The van der Waals surface area contributed by atoms with E-state index in [1.165, 1.54) is 10.6 Å². The third-order valence-electron chi connectivity index (χ3n) is 6.49. The maximum atomic E-state index is 13.5. The number of nitrogens with one attached hydrogen (secondary N) is 1. The molecule has 0 aliphatic carbocycles. The van der Waals surface area contributed by atoms with Crippen LogP contribution in [0, 0.1) is 0 Å². The van der Waals surface area contributed by atoms with E-state index in [-0.39, 0.29) is 31.3 Å². The first-order valence-electron chi connectivity index (χ1n) is 13.4. The van der Waals surface area contributed by atoms with E-state index in [1.54, 1.807) is 24.1 Å². The molecule has 0 aliphatic rings. The van der Waals surface area contributed by atoms with Gasteiger partial charge in [-0.3, -0.25) is 13.9 Å². The van der Waals surface area contributed by atoms with Crippen molar-refractivity contribution >= 4 is 27.5 Å². The molecule has 1 N–H and O–H groups in total. The number of aryl methyl sites for hydroxylation is 1. The highest BCUT2D eigenvalue weighted by atomic mass is 32.2. The van der Waals surface area contributed by atoms with Gasteiger partial charge in [-0.2, -0.15) is 0 Å². The number of benzene rings is 2. The average Bonchev–Trinajstić information content (AvgIpc) is 2.90. The van der Waals surface area contributed by atoms with E-state index < -0.39 is 16.1 Å². The van der Waals surface area contributed by atoms with Crippen molar-refractivity contribution in [2.75, 3.05) is 30.8 Å². The summed E-state index contributed by atoms with van der Waals surface area (Å²) in [4.78, 5) is 28.2. The lowest BCUT2D eigenvalue weighted by Gasteiger charge is -2.31. The zero-order chi connectivity index (χ0) is 28.1. The number of methoxy groups -OCH3 is 1. The Morgan fingerprint density at radius 1 is 1.00 bits per heavy atom. The van der Waals surface area contributed by atoms with Crippen LogP contribution in [0.15, 0.2) is 48.5 Å². The van der Waals surface area contributed by atoms with Gasteiger partial charge in [-0.25, -0.2) is 8.42 Å². The number of amides is 2. The second kappa shape index (κ2) is 15.4. The Morgan fingerprint density at radius 3 is 2.29 bits per heavy atom. The fourth-order valence-electron chi connectivity index (χ4n) is 4.30. The highest BCUT2D eigenvalue weighted by molar-refractivity contribution is 7.92. The average molecular weight is 546 g/mol. The Balaban J connectivity index is 2.21. The van der Waals surface area contributed by atoms with Crippen LogP contribution in [0.2, 0.25) is 0 Å². The van der Waals surface area contributed by atoms with Gasteiger partial charge in [0.1, 0.15) is 11.8 Å². The van der Waals surface area contributed by atoms with Gasteiger partial charge in [-0.15, -0.1) is 0 Å². The van der Waals surface area contributed by atoms with Crippen molar-refractivity contribution in [2.24, 2.45) is 0 Å². The molecule has 9 heteroatoms. The van der Waals surface area contributed by atoms with Crippen molar-refractivity contribution in [3.63, 3.8) is 0 Å². The Morgan fingerprint density at radius 2 is 1.71 bits per heavy atom. The molecule has 0 spiro atoms. The van der Waals surface area contributed by atoms with Gasteiger partial charge >= 0.3 is 0 Å². The van der Waals surface area contributed by atoms with Gasteiger partial charge in [-0.05, 0) is 61.1 Å². The van der Waals surface area contributed by atoms with Crippen molar-refractivity contribution in [2.45, 2.75) is 71.9 Å². The third-order valence-corrected chi connectivity index (χ3v) is 7.68. The molecule has 0 fully saturated rings. The summed E-state index contributed by atoms with van der Waals surface area (Å²) < 4.78 is 31.7. The molecule has 38 heavy (non-hydrogen) atoms. The number of sulfonamides is 1. The second-order valence-corrected chi connectivity index (χ2v) is 11.3. The summed E-state index contributed by atoms with van der Waals surface area (Å²) in [5.41, 5.74) is 2.55. The van der Waals surface area contributed by atoms with Crippen molar-refractivity contribution in [3.05, 3.63) is 59.7 Å². The smallest absolute Gasteiger partial charge is 0.242 e. The summed E-state index contributed by atoms with van der Waals surface area (Å²) in [7, 11) is -1.94. The maximum Gasteiger partial charge on any atom is 0.242 e. The first kappa shape index (κ1) is 31.1. The zero-order valence-electron chi connectivity index (χ0n) is 23.4. The van der Waals surface area contributed by atoms with Gasteiger partial charge < -0.3 is 15.0 Å².